The number of carbonyl (C=O) groups is 1. The lowest BCUT2D eigenvalue weighted by Gasteiger charge is -2.25. The minimum absolute atomic E-state index is 0.0172. The molecule has 1 aliphatic carbocycles. The Labute approximate surface area is 205 Å². The van der Waals surface area contributed by atoms with Crippen molar-refractivity contribution in [3.8, 4) is 22.9 Å². The maximum atomic E-state index is 12.6. The zero-order chi connectivity index (χ0) is 23.9. The van der Waals surface area contributed by atoms with Crippen LogP contribution in [0.25, 0.3) is 11.4 Å². The highest BCUT2D eigenvalue weighted by atomic mass is 32.2. The van der Waals surface area contributed by atoms with Crippen molar-refractivity contribution < 1.29 is 14.3 Å². The largest absolute Gasteiger partial charge is 0.493 e. The number of rotatable bonds is 9. The minimum Gasteiger partial charge on any atom is -0.493 e. The second-order valence-electron chi connectivity index (χ2n) is 8.59. The number of nitrogens with zero attached hydrogens (tertiary/aromatic N) is 3. The Bertz CT molecular complexity index is 1110. The number of amides is 1. The first-order valence-electron chi connectivity index (χ1n) is 11.7. The molecule has 0 radical (unpaired) electrons. The number of aromatic nitrogens is 3. The summed E-state index contributed by atoms with van der Waals surface area (Å²) in [7, 11) is 3.25. The Balaban J connectivity index is 1.51. The number of nitrogens with one attached hydrogen (secondary N) is 1. The van der Waals surface area contributed by atoms with Gasteiger partial charge in [0.05, 0.1) is 20.0 Å². The van der Waals surface area contributed by atoms with Crippen molar-refractivity contribution in [2.24, 2.45) is 0 Å². The lowest BCUT2D eigenvalue weighted by Crippen LogP contribution is -2.25. The third-order valence-electron chi connectivity index (χ3n) is 6.19. The molecule has 0 bridgehead atoms. The molecule has 1 heterocycles. The van der Waals surface area contributed by atoms with Crippen LogP contribution in [0.15, 0.2) is 47.6 Å². The van der Waals surface area contributed by atoms with Crippen LogP contribution in [-0.2, 0) is 11.3 Å². The SMILES string of the molecule is COc1ccc(-c2nnc(SCC(=O)NCc3ccc(C)cc3)n2C2CCCCC2)cc1OC. The molecule has 7 nitrogen and oxygen atoms in total. The molecular formula is C26H32N4O3S. The molecule has 3 aromatic rings. The molecular weight excluding hydrogens is 448 g/mol. The molecule has 0 atom stereocenters. The number of hydrogen-bond acceptors (Lipinski definition) is 6. The summed E-state index contributed by atoms with van der Waals surface area (Å²) in [5.74, 6) is 2.41. The van der Waals surface area contributed by atoms with Crippen molar-refractivity contribution in [3.05, 3.63) is 53.6 Å². The lowest BCUT2D eigenvalue weighted by atomic mass is 9.95. The molecule has 1 saturated carbocycles. The van der Waals surface area contributed by atoms with E-state index in [0.29, 0.717) is 29.8 Å². The van der Waals surface area contributed by atoms with Crippen LogP contribution >= 0.6 is 11.8 Å². The zero-order valence-corrected chi connectivity index (χ0v) is 20.9. The fourth-order valence-corrected chi connectivity index (χ4v) is 5.14. The predicted molar refractivity (Wildman–Crippen MR) is 134 cm³/mol. The molecule has 1 amide bonds. The molecule has 1 N–H and O–H groups in total. The number of carbonyl (C=O) groups excluding carboxylic acids is 1. The number of aryl methyl sites for hydroxylation is 1. The zero-order valence-electron chi connectivity index (χ0n) is 20.0. The van der Waals surface area contributed by atoms with Gasteiger partial charge in [0.25, 0.3) is 0 Å². The van der Waals surface area contributed by atoms with Crippen LogP contribution in [0.3, 0.4) is 0 Å². The van der Waals surface area contributed by atoms with E-state index in [1.807, 2.05) is 30.3 Å². The average molecular weight is 481 g/mol. The molecule has 0 spiro atoms. The van der Waals surface area contributed by atoms with Gasteiger partial charge in [0, 0.05) is 18.2 Å². The number of hydrogen-bond donors (Lipinski definition) is 1. The summed E-state index contributed by atoms with van der Waals surface area (Å²) in [6.45, 7) is 2.57. The van der Waals surface area contributed by atoms with E-state index < -0.39 is 0 Å². The van der Waals surface area contributed by atoms with Gasteiger partial charge in [-0.3, -0.25) is 9.36 Å². The molecule has 0 unspecified atom stereocenters. The van der Waals surface area contributed by atoms with Crippen molar-refractivity contribution in [3.63, 3.8) is 0 Å². The maximum absolute atomic E-state index is 12.6. The van der Waals surface area contributed by atoms with Crippen molar-refractivity contribution in [1.82, 2.24) is 20.1 Å². The molecule has 180 valence electrons. The Morgan fingerprint density at radius 1 is 1.03 bits per heavy atom. The van der Waals surface area contributed by atoms with E-state index in [1.54, 1.807) is 14.2 Å². The topological polar surface area (TPSA) is 78.3 Å². The highest BCUT2D eigenvalue weighted by molar-refractivity contribution is 7.99. The summed E-state index contributed by atoms with van der Waals surface area (Å²) in [6, 6.07) is 14.3. The summed E-state index contributed by atoms with van der Waals surface area (Å²) >= 11 is 1.44. The number of benzene rings is 2. The van der Waals surface area contributed by atoms with Gasteiger partial charge in [-0.05, 0) is 43.5 Å². The van der Waals surface area contributed by atoms with Gasteiger partial charge in [0.15, 0.2) is 22.5 Å². The van der Waals surface area contributed by atoms with Gasteiger partial charge in [-0.25, -0.2) is 0 Å². The third kappa shape index (κ3) is 5.73. The van der Waals surface area contributed by atoms with E-state index in [4.69, 9.17) is 9.47 Å². The van der Waals surface area contributed by atoms with Gasteiger partial charge in [-0.1, -0.05) is 60.9 Å². The summed E-state index contributed by atoms with van der Waals surface area (Å²) < 4.78 is 13.1. The summed E-state index contributed by atoms with van der Waals surface area (Å²) in [6.07, 6.45) is 5.82. The van der Waals surface area contributed by atoms with E-state index in [9.17, 15) is 4.79 Å². The molecule has 0 saturated heterocycles. The average Bonchev–Trinajstić information content (AvgIpc) is 3.31. The summed E-state index contributed by atoms with van der Waals surface area (Å²) in [4.78, 5) is 12.6. The highest BCUT2D eigenvalue weighted by Gasteiger charge is 2.25. The molecule has 8 heteroatoms. The fraction of sp³-hybridized carbons (Fsp3) is 0.423. The van der Waals surface area contributed by atoms with Gasteiger partial charge in [-0.15, -0.1) is 10.2 Å². The van der Waals surface area contributed by atoms with Crippen LogP contribution in [-0.4, -0.2) is 40.6 Å². The van der Waals surface area contributed by atoms with Crippen molar-refractivity contribution in [2.75, 3.05) is 20.0 Å². The van der Waals surface area contributed by atoms with Gasteiger partial charge < -0.3 is 14.8 Å². The second kappa shape index (κ2) is 11.4. The van der Waals surface area contributed by atoms with Crippen molar-refractivity contribution in [2.45, 2.75) is 56.8 Å². The minimum atomic E-state index is -0.0172. The Hall–Kier alpha value is -3.00. The first-order chi connectivity index (χ1) is 16.6. The molecule has 1 aliphatic rings. The van der Waals surface area contributed by atoms with Crippen LogP contribution in [0.1, 0.15) is 49.3 Å². The van der Waals surface area contributed by atoms with Gasteiger partial charge in [-0.2, -0.15) is 0 Å². The predicted octanol–water partition coefficient (Wildman–Crippen LogP) is 5.18. The van der Waals surface area contributed by atoms with Gasteiger partial charge >= 0.3 is 0 Å². The maximum Gasteiger partial charge on any atom is 0.230 e. The number of methoxy groups -OCH3 is 2. The molecule has 0 aliphatic heterocycles. The monoisotopic (exact) mass is 480 g/mol. The first kappa shape index (κ1) is 24.1. The quantitative estimate of drug-likeness (QED) is 0.425. The number of thioether (sulfide) groups is 1. The Morgan fingerprint density at radius 2 is 1.76 bits per heavy atom. The standard InChI is InChI=1S/C26H32N4O3S/c1-18-9-11-19(12-10-18)16-27-24(31)17-34-26-29-28-25(30(26)21-7-5-4-6-8-21)20-13-14-22(32-2)23(15-20)33-3/h9-15,21H,4-8,16-17H2,1-3H3,(H,27,31). The van der Waals surface area contributed by atoms with E-state index >= 15 is 0 Å². The van der Waals surface area contributed by atoms with E-state index in [-0.39, 0.29) is 5.91 Å². The van der Waals surface area contributed by atoms with Crippen molar-refractivity contribution >= 4 is 17.7 Å². The van der Waals surface area contributed by atoms with Crippen LogP contribution in [0.4, 0.5) is 0 Å². The second-order valence-corrected chi connectivity index (χ2v) is 9.53. The normalized spacial score (nSPS) is 14.1. The Kier molecular flexibility index (Phi) is 8.11. The molecule has 2 aromatic carbocycles. The van der Waals surface area contributed by atoms with Crippen LogP contribution in [0.5, 0.6) is 11.5 Å². The van der Waals surface area contributed by atoms with E-state index in [1.165, 1.54) is 36.6 Å². The van der Waals surface area contributed by atoms with E-state index in [0.717, 1.165) is 34.9 Å². The highest BCUT2D eigenvalue weighted by Crippen LogP contribution is 2.38. The first-order valence-corrected chi connectivity index (χ1v) is 12.7. The van der Waals surface area contributed by atoms with Gasteiger partial charge in [0.2, 0.25) is 5.91 Å². The molecule has 1 fully saturated rings. The lowest BCUT2D eigenvalue weighted by molar-refractivity contribution is -0.118. The Morgan fingerprint density at radius 3 is 2.47 bits per heavy atom. The van der Waals surface area contributed by atoms with Crippen LogP contribution < -0.4 is 14.8 Å². The molecule has 34 heavy (non-hydrogen) atoms. The molecule has 4 rings (SSSR count). The van der Waals surface area contributed by atoms with Gasteiger partial charge in [0.1, 0.15) is 0 Å². The third-order valence-corrected chi connectivity index (χ3v) is 7.13. The molecule has 1 aromatic heterocycles. The van der Waals surface area contributed by atoms with E-state index in [2.05, 4.69) is 39.1 Å². The van der Waals surface area contributed by atoms with Crippen LogP contribution in [0.2, 0.25) is 0 Å². The fourth-order valence-electron chi connectivity index (χ4n) is 4.30. The summed E-state index contributed by atoms with van der Waals surface area (Å²) in [5, 5.41) is 12.8. The number of ether oxygens (including phenoxy) is 2. The van der Waals surface area contributed by atoms with Crippen molar-refractivity contribution in [1.29, 1.82) is 0 Å². The summed E-state index contributed by atoms with van der Waals surface area (Å²) in [5.41, 5.74) is 3.22. The smallest absolute Gasteiger partial charge is 0.230 e. The van der Waals surface area contributed by atoms with Crippen LogP contribution in [0, 0.1) is 6.92 Å².